The van der Waals surface area contributed by atoms with Crippen LogP contribution in [0.2, 0.25) is 0 Å². The molecule has 0 spiro atoms. The smallest absolute Gasteiger partial charge is 0.157 e. The summed E-state index contributed by atoms with van der Waals surface area (Å²) in [4.78, 5) is 11.7. The van der Waals surface area contributed by atoms with Crippen molar-refractivity contribution in [2.24, 2.45) is 5.73 Å². The number of carbonyl (C=O) groups is 1. The minimum Gasteiger partial charge on any atom is -0.319 e. The molecule has 0 aromatic heterocycles. The molecule has 0 bridgehead atoms. The van der Waals surface area contributed by atoms with Crippen molar-refractivity contribution < 1.29 is 9.18 Å². The number of benzene rings is 1. The highest BCUT2D eigenvalue weighted by Gasteiger charge is 2.45. The molecule has 1 aromatic rings. The molecule has 1 fully saturated rings. The van der Waals surface area contributed by atoms with Gasteiger partial charge in [0.2, 0.25) is 0 Å². The third-order valence-electron chi connectivity index (χ3n) is 2.73. The SMILES string of the molecule is NC1(C(=O)Cc2cccc(F)c2Br)CC1. The minimum atomic E-state index is -0.633. The maximum absolute atomic E-state index is 13.2. The van der Waals surface area contributed by atoms with Crippen LogP contribution < -0.4 is 5.73 Å². The molecule has 0 saturated heterocycles. The number of hydrogen-bond donors (Lipinski definition) is 1. The van der Waals surface area contributed by atoms with E-state index in [1.807, 2.05) is 0 Å². The number of hydrogen-bond acceptors (Lipinski definition) is 2. The van der Waals surface area contributed by atoms with Crippen LogP contribution in [0.1, 0.15) is 18.4 Å². The van der Waals surface area contributed by atoms with E-state index in [9.17, 15) is 9.18 Å². The van der Waals surface area contributed by atoms with Crippen LogP contribution in [-0.2, 0) is 11.2 Å². The first kappa shape index (κ1) is 10.8. The fraction of sp³-hybridized carbons (Fsp3) is 0.364. The van der Waals surface area contributed by atoms with Gasteiger partial charge >= 0.3 is 0 Å². The average Bonchev–Trinajstić information content (AvgIpc) is 2.93. The van der Waals surface area contributed by atoms with Gasteiger partial charge in [0.25, 0.3) is 0 Å². The van der Waals surface area contributed by atoms with Gasteiger partial charge < -0.3 is 5.73 Å². The van der Waals surface area contributed by atoms with Crippen LogP contribution in [0.25, 0.3) is 0 Å². The van der Waals surface area contributed by atoms with Gasteiger partial charge in [-0.2, -0.15) is 0 Å². The third kappa shape index (κ3) is 2.11. The maximum Gasteiger partial charge on any atom is 0.157 e. The van der Waals surface area contributed by atoms with Crippen molar-refractivity contribution in [1.29, 1.82) is 0 Å². The van der Waals surface area contributed by atoms with Crippen molar-refractivity contribution in [3.8, 4) is 0 Å². The van der Waals surface area contributed by atoms with Crippen molar-refractivity contribution in [3.63, 3.8) is 0 Å². The number of halogens is 2. The van der Waals surface area contributed by atoms with Gasteiger partial charge in [-0.15, -0.1) is 0 Å². The van der Waals surface area contributed by atoms with Crippen molar-refractivity contribution in [1.82, 2.24) is 0 Å². The summed E-state index contributed by atoms with van der Waals surface area (Å²) in [7, 11) is 0. The Morgan fingerprint density at radius 1 is 1.53 bits per heavy atom. The molecule has 2 N–H and O–H groups in total. The van der Waals surface area contributed by atoms with Crippen molar-refractivity contribution in [2.75, 3.05) is 0 Å². The molecule has 0 aliphatic heterocycles. The van der Waals surface area contributed by atoms with E-state index >= 15 is 0 Å². The predicted octanol–water partition coefficient (Wildman–Crippen LogP) is 2.19. The summed E-state index contributed by atoms with van der Waals surface area (Å²) in [5.74, 6) is -0.351. The first-order valence-electron chi connectivity index (χ1n) is 4.78. The average molecular weight is 272 g/mol. The van der Waals surface area contributed by atoms with E-state index in [1.165, 1.54) is 6.07 Å². The molecular weight excluding hydrogens is 261 g/mol. The van der Waals surface area contributed by atoms with Gasteiger partial charge in [-0.25, -0.2) is 4.39 Å². The number of nitrogens with two attached hydrogens (primary N) is 1. The lowest BCUT2D eigenvalue weighted by atomic mass is 10.0. The van der Waals surface area contributed by atoms with E-state index in [0.717, 1.165) is 12.8 Å². The second-order valence-corrected chi connectivity index (χ2v) is 4.76. The van der Waals surface area contributed by atoms with Crippen LogP contribution in [0, 0.1) is 5.82 Å². The third-order valence-corrected chi connectivity index (χ3v) is 3.61. The summed E-state index contributed by atoms with van der Waals surface area (Å²) in [6.45, 7) is 0. The largest absolute Gasteiger partial charge is 0.319 e. The molecule has 0 amide bonds. The molecule has 0 atom stereocenters. The van der Waals surface area contributed by atoms with Gasteiger partial charge in [-0.05, 0) is 40.4 Å². The normalized spacial score (nSPS) is 17.5. The number of Topliss-reactive ketones (excluding diaryl/α,β-unsaturated/α-hetero) is 1. The number of carbonyl (C=O) groups excluding carboxylic acids is 1. The molecule has 80 valence electrons. The minimum absolute atomic E-state index is 0.00574. The Labute approximate surface area is 95.8 Å². The lowest BCUT2D eigenvalue weighted by molar-refractivity contribution is -0.120. The summed E-state index contributed by atoms with van der Waals surface area (Å²) in [6.07, 6.45) is 1.70. The van der Waals surface area contributed by atoms with Crippen LogP contribution in [0.4, 0.5) is 4.39 Å². The van der Waals surface area contributed by atoms with Crippen LogP contribution in [-0.4, -0.2) is 11.3 Å². The lowest BCUT2D eigenvalue weighted by Gasteiger charge is -2.08. The highest BCUT2D eigenvalue weighted by molar-refractivity contribution is 9.10. The Hall–Kier alpha value is -0.740. The van der Waals surface area contributed by atoms with E-state index in [0.29, 0.717) is 10.0 Å². The summed E-state index contributed by atoms with van der Waals surface area (Å²) in [5.41, 5.74) is 5.80. The zero-order valence-electron chi connectivity index (χ0n) is 8.09. The van der Waals surface area contributed by atoms with Gasteiger partial charge in [-0.1, -0.05) is 12.1 Å². The summed E-state index contributed by atoms with van der Waals surface area (Å²) >= 11 is 3.13. The Bertz CT molecular complexity index is 415. The Morgan fingerprint density at radius 3 is 2.80 bits per heavy atom. The fourth-order valence-electron chi connectivity index (χ4n) is 1.45. The van der Waals surface area contributed by atoms with Gasteiger partial charge in [0.05, 0.1) is 10.0 Å². The second-order valence-electron chi connectivity index (χ2n) is 3.97. The zero-order valence-corrected chi connectivity index (χ0v) is 9.68. The summed E-state index contributed by atoms with van der Waals surface area (Å²) < 4.78 is 13.5. The molecule has 2 nitrogen and oxygen atoms in total. The molecule has 1 aromatic carbocycles. The maximum atomic E-state index is 13.2. The zero-order chi connectivity index (χ0) is 11.1. The van der Waals surface area contributed by atoms with Gasteiger partial charge in [0.1, 0.15) is 5.82 Å². The van der Waals surface area contributed by atoms with E-state index in [2.05, 4.69) is 15.9 Å². The van der Waals surface area contributed by atoms with Gasteiger partial charge in [0, 0.05) is 6.42 Å². The van der Waals surface area contributed by atoms with Crippen LogP contribution in [0.15, 0.2) is 22.7 Å². The quantitative estimate of drug-likeness (QED) is 0.916. The Kier molecular flexibility index (Phi) is 2.64. The van der Waals surface area contributed by atoms with Crippen molar-refractivity contribution in [3.05, 3.63) is 34.1 Å². The van der Waals surface area contributed by atoms with Crippen LogP contribution >= 0.6 is 15.9 Å². The Morgan fingerprint density at radius 2 is 2.20 bits per heavy atom. The predicted molar refractivity (Wildman–Crippen MR) is 59.0 cm³/mol. The van der Waals surface area contributed by atoms with E-state index in [1.54, 1.807) is 12.1 Å². The fourth-order valence-corrected chi connectivity index (χ4v) is 1.85. The summed E-state index contributed by atoms with van der Waals surface area (Å²) in [6, 6.07) is 4.68. The molecule has 0 heterocycles. The van der Waals surface area contributed by atoms with Crippen molar-refractivity contribution >= 4 is 21.7 Å². The highest BCUT2D eigenvalue weighted by Crippen LogP contribution is 2.34. The number of rotatable bonds is 3. The van der Waals surface area contributed by atoms with Gasteiger partial charge in [0.15, 0.2) is 5.78 Å². The highest BCUT2D eigenvalue weighted by atomic mass is 79.9. The molecule has 4 heteroatoms. The van der Waals surface area contributed by atoms with Gasteiger partial charge in [-0.3, -0.25) is 4.79 Å². The molecule has 15 heavy (non-hydrogen) atoms. The van der Waals surface area contributed by atoms with E-state index in [-0.39, 0.29) is 18.0 Å². The number of ketones is 1. The first-order chi connectivity index (χ1) is 7.03. The molecule has 2 rings (SSSR count). The van der Waals surface area contributed by atoms with E-state index < -0.39 is 5.54 Å². The standard InChI is InChI=1S/C11H11BrFNO/c12-10-7(2-1-3-8(10)13)6-9(15)11(14)4-5-11/h1-3H,4-6,14H2. The lowest BCUT2D eigenvalue weighted by Crippen LogP contribution is -2.34. The topological polar surface area (TPSA) is 43.1 Å². The van der Waals surface area contributed by atoms with Crippen molar-refractivity contribution in [2.45, 2.75) is 24.8 Å². The first-order valence-corrected chi connectivity index (χ1v) is 5.57. The summed E-state index contributed by atoms with van der Waals surface area (Å²) in [5, 5.41) is 0. The molecule has 1 saturated carbocycles. The molecule has 1 aliphatic carbocycles. The monoisotopic (exact) mass is 271 g/mol. The van der Waals surface area contributed by atoms with E-state index in [4.69, 9.17) is 5.73 Å². The van der Waals surface area contributed by atoms with Crippen LogP contribution in [0.5, 0.6) is 0 Å². The molecule has 0 unspecified atom stereocenters. The van der Waals surface area contributed by atoms with Crippen LogP contribution in [0.3, 0.4) is 0 Å². The molecule has 0 radical (unpaired) electrons. The second kappa shape index (κ2) is 3.68. The molecular formula is C11H11BrFNO. The Balaban J connectivity index is 2.17. The molecule has 1 aliphatic rings.